The summed E-state index contributed by atoms with van der Waals surface area (Å²) in [6.07, 6.45) is 9.03. The maximum atomic E-state index is 10.4. The highest BCUT2D eigenvalue weighted by Gasteiger charge is 2.18. The van der Waals surface area contributed by atoms with E-state index in [0.29, 0.717) is 12.0 Å². The van der Waals surface area contributed by atoms with Crippen molar-refractivity contribution in [3.8, 4) is 11.5 Å². The molecule has 0 bridgehead atoms. The second kappa shape index (κ2) is 9.67. The lowest BCUT2D eigenvalue weighted by atomic mass is 9.92. The van der Waals surface area contributed by atoms with Crippen LogP contribution in [-0.4, -0.2) is 20.9 Å². The molecule has 0 amide bonds. The minimum Gasteiger partial charge on any atom is -0.508 e. The van der Waals surface area contributed by atoms with Gasteiger partial charge in [-0.3, -0.25) is 0 Å². The fraction of sp³-hybridized carbons (Fsp3) is 0.545. The van der Waals surface area contributed by atoms with Crippen LogP contribution in [0.15, 0.2) is 35.4 Å². The van der Waals surface area contributed by atoms with Crippen molar-refractivity contribution in [3.63, 3.8) is 0 Å². The molecule has 0 fully saturated rings. The van der Waals surface area contributed by atoms with Crippen LogP contribution in [-0.2, 0) is 6.42 Å². The van der Waals surface area contributed by atoms with Gasteiger partial charge in [0.1, 0.15) is 11.5 Å². The Kier molecular flexibility index (Phi) is 8.24. The molecule has 140 valence electrons. The number of hydrogen-bond acceptors (Lipinski definition) is 3. The maximum Gasteiger partial charge on any atom is 0.123 e. The lowest BCUT2D eigenvalue weighted by Gasteiger charge is -2.22. The van der Waals surface area contributed by atoms with Gasteiger partial charge in [-0.1, -0.05) is 23.3 Å². The Morgan fingerprint density at radius 3 is 2.20 bits per heavy atom. The molecule has 0 aromatic heterocycles. The zero-order valence-corrected chi connectivity index (χ0v) is 16.4. The number of hydrogen-bond donors (Lipinski definition) is 3. The number of aromatic hydroxyl groups is 2. The van der Waals surface area contributed by atoms with Crippen LogP contribution in [0.2, 0.25) is 0 Å². The van der Waals surface area contributed by atoms with Crippen molar-refractivity contribution in [1.29, 1.82) is 0 Å². The van der Waals surface area contributed by atoms with Gasteiger partial charge in [0.2, 0.25) is 0 Å². The monoisotopic (exact) mass is 346 g/mol. The van der Waals surface area contributed by atoms with Gasteiger partial charge < -0.3 is 15.3 Å². The van der Waals surface area contributed by atoms with Gasteiger partial charge in [-0.2, -0.15) is 0 Å². The second-order valence-electron chi connectivity index (χ2n) is 7.71. The molecule has 1 rings (SSSR count). The van der Waals surface area contributed by atoms with Crippen molar-refractivity contribution < 1.29 is 15.3 Å². The van der Waals surface area contributed by atoms with E-state index in [1.807, 2.05) is 19.9 Å². The zero-order valence-electron chi connectivity index (χ0n) is 16.4. The fourth-order valence-corrected chi connectivity index (χ4v) is 2.91. The lowest BCUT2D eigenvalue weighted by molar-refractivity contribution is 0.0410. The van der Waals surface area contributed by atoms with E-state index >= 15 is 0 Å². The summed E-state index contributed by atoms with van der Waals surface area (Å²) >= 11 is 0. The molecule has 1 atom stereocenters. The third-order valence-corrected chi connectivity index (χ3v) is 4.52. The predicted molar refractivity (Wildman–Crippen MR) is 105 cm³/mol. The molecule has 1 aromatic carbocycles. The van der Waals surface area contributed by atoms with Crippen LogP contribution in [0, 0.1) is 6.92 Å². The largest absolute Gasteiger partial charge is 0.508 e. The van der Waals surface area contributed by atoms with Gasteiger partial charge in [-0.15, -0.1) is 0 Å². The highest BCUT2D eigenvalue weighted by molar-refractivity contribution is 5.47. The van der Waals surface area contributed by atoms with Gasteiger partial charge in [0.25, 0.3) is 0 Å². The minimum absolute atomic E-state index is 0.142. The summed E-state index contributed by atoms with van der Waals surface area (Å²) in [6.45, 7) is 9.96. The molecule has 1 aromatic rings. The quantitative estimate of drug-likeness (QED) is 0.513. The van der Waals surface area contributed by atoms with Crippen molar-refractivity contribution >= 4 is 0 Å². The first-order valence-corrected chi connectivity index (χ1v) is 9.13. The van der Waals surface area contributed by atoms with E-state index in [2.05, 4.69) is 26.8 Å². The standard InChI is InChI=1S/C22H34O3/c1-16(2)8-6-12-22(5,25)13-7-9-17(3)10-11-19-20(23)14-18(4)15-21(19)24/h8,10,14-15,23-25H,6-7,9,11-13H2,1-5H3/b17-10+. The summed E-state index contributed by atoms with van der Waals surface area (Å²) < 4.78 is 0. The Hall–Kier alpha value is -1.74. The van der Waals surface area contributed by atoms with Crippen LogP contribution in [0.3, 0.4) is 0 Å². The van der Waals surface area contributed by atoms with E-state index in [4.69, 9.17) is 0 Å². The molecule has 1 unspecified atom stereocenters. The van der Waals surface area contributed by atoms with Crippen LogP contribution in [0.25, 0.3) is 0 Å². The summed E-state index contributed by atoms with van der Waals surface area (Å²) in [6, 6.07) is 3.34. The molecule has 0 spiro atoms. The molecule has 0 heterocycles. The number of aliphatic hydroxyl groups is 1. The van der Waals surface area contributed by atoms with Gasteiger partial charge in [-0.25, -0.2) is 0 Å². The summed E-state index contributed by atoms with van der Waals surface area (Å²) in [7, 11) is 0. The van der Waals surface area contributed by atoms with Crippen LogP contribution in [0.1, 0.15) is 70.9 Å². The smallest absolute Gasteiger partial charge is 0.123 e. The molecule has 25 heavy (non-hydrogen) atoms. The lowest BCUT2D eigenvalue weighted by Crippen LogP contribution is -2.23. The predicted octanol–water partition coefficient (Wildman–Crippen LogP) is 5.56. The van der Waals surface area contributed by atoms with Gasteiger partial charge in [0.05, 0.1) is 5.60 Å². The summed E-state index contributed by atoms with van der Waals surface area (Å²) in [5.41, 5.74) is 3.28. The van der Waals surface area contributed by atoms with Gasteiger partial charge in [-0.05, 0) is 90.8 Å². The Bertz CT molecular complexity index is 597. The Labute approximate surface area is 152 Å². The minimum atomic E-state index is -0.625. The van der Waals surface area contributed by atoms with Crippen molar-refractivity contribution in [2.24, 2.45) is 0 Å². The van der Waals surface area contributed by atoms with Gasteiger partial charge in [0.15, 0.2) is 0 Å². The van der Waals surface area contributed by atoms with Crippen molar-refractivity contribution in [2.75, 3.05) is 0 Å². The SMILES string of the molecule is CC(C)=CCCC(C)(O)CCC/C(C)=C/Cc1c(O)cc(C)cc1O. The van der Waals surface area contributed by atoms with E-state index in [-0.39, 0.29) is 11.5 Å². The van der Waals surface area contributed by atoms with Crippen LogP contribution < -0.4 is 0 Å². The van der Waals surface area contributed by atoms with E-state index in [1.165, 1.54) is 11.1 Å². The van der Waals surface area contributed by atoms with Gasteiger partial charge in [0, 0.05) is 5.56 Å². The molecule has 0 saturated carbocycles. The van der Waals surface area contributed by atoms with Crippen molar-refractivity contribution in [1.82, 2.24) is 0 Å². The first kappa shape index (κ1) is 21.3. The summed E-state index contributed by atoms with van der Waals surface area (Å²) in [5.74, 6) is 0.285. The van der Waals surface area contributed by atoms with E-state index in [9.17, 15) is 15.3 Å². The number of benzene rings is 1. The highest BCUT2D eigenvalue weighted by Crippen LogP contribution is 2.30. The van der Waals surface area contributed by atoms with Crippen molar-refractivity contribution in [3.05, 3.63) is 46.6 Å². The van der Waals surface area contributed by atoms with E-state index in [1.54, 1.807) is 12.1 Å². The summed E-state index contributed by atoms with van der Waals surface area (Å²) in [5, 5.41) is 30.4. The third-order valence-electron chi connectivity index (χ3n) is 4.52. The molecular weight excluding hydrogens is 312 g/mol. The fourth-order valence-electron chi connectivity index (χ4n) is 2.91. The van der Waals surface area contributed by atoms with Gasteiger partial charge >= 0.3 is 0 Å². The number of allylic oxidation sites excluding steroid dienone is 4. The topological polar surface area (TPSA) is 60.7 Å². The zero-order chi connectivity index (χ0) is 19.0. The molecule has 0 radical (unpaired) electrons. The average Bonchev–Trinajstić information content (AvgIpc) is 2.45. The molecule has 3 nitrogen and oxygen atoms in total. The van der Waals surface area contributed by atoms with Crippen LogP contribution >= 0.6 is 0 Å². The molecule has 0 aliphatic carbocycles. The number of rotatable bonds is 9. The maximum absolute atomic E-state index is 10.4. The van der Waals surface area contributed by atoms with Crippen LogP contribution in [0.4, 0.5) is 0 Å². The highest BCUT2D eigenvalue weighted by atomic mass is 16.3. The van der Waals surface area contributed by atoms with E-state index < -0.39 is 5.60 Å². The molecule has 0 aliphatic heterocycles. The molecular formula is C22H34O3. The first-order valence-electron chi connectivity index (χ1n) is 9.13. The number of phenolic OH excluding ortho intramolecular Hbond substituents is 2. The Morgan fingerprint density at radius 1 is 1.04 bits per heavy atom. The number of aryl methyl sites for hydroxylation is 1. The average molecular weight is 347 g/mol. The number of phenols is 2. The summed E-state index contributed by atoms with van der Waals surface area (Å²) in [4.78, 5) is 0. The molecule has 3 heteroatoms. The second-order valence-corrected chi connectivity index (χ2v) is 7.71. The Morgan fingerprint density at radius 2 is 1.64 bits per heavy atom. The van der Waals surface area contributed by atoms with Crippen LogP contribution in [0.5, 0.6) is 11.5 Å². The molecule has 0 saturated heterocycles. The van der Waals surface area contributed by atoms with Crippen molar-refractivity contribution in [2.45, 2.75) is 78.7 Å². The third kappa shape index (κ3) is 8.26. The molecule has 3 N–H and O–H groups in total. The van der Waals surface area contributed by atoms with E-state index in [0.717, 1.165) is 37.7 Å². The Balaban J connectivity index is 2.47. The normalized spacial score (nSPS) is 14.2. The molecule has 0 aliphatic rings. The first-order chi connectivity index (χ1) is 11.6.